The van der Waals surface area contributed by atoms with E-state index in [-0.39, 0.29) is 11.9 Å². The van der Waals surface area contributed by atoms with Gasteiger partial charge in [-0.15, -0.1) is 0 Å². The van der Waals surface area contributed by atoms with Crippen molar-refractivity contribution in [1.82, 2.24) is 14.8 Å². The van der Waals surface area contributed by atoms with Crippen LogP contribution in [0.2, 0.25) is 0 Å². The smallest absolute Gasteiger partial charge is 0.338 e. The third-order valence-electron chi connectivity index (χ3n) is 4.88. The van der Waals surface area contributed by atoms with E-state index in [0.29, 0.717) is 30.4 Å². The summed E-state index contributed by atoms with van der Waals surface area (Å²) in [5, 5.41) is 0. The average molecular weight is 398 g/mol. The molecule has 0 aliphatic carbocycles. The molecule has 1 saturated heterocycles. The molecule has 0 unspecified atom stereocenters. The fraction of sp³-hybridized carbons (Fsp3) is 0.429. The highest BCUT2D eigenvalue weighted by Gasteiger charge is 2.30. The van der Waals surface area contributed by atoms with Gasteiger partial charge in [0, 0.05) is 24.8 Å². The second-order valence-corrected chi connectivity index (χ2v) is 8.44. The Balaban J connectivity index is 1.50. The number of carbonyl (C=O) groups excluding carboxylic acids is 2. The van der Waals surface area contributed by atoms with Crippen LogP contribution in [0.4, 0.5) is 11.5 Å². The number of nitrogens with zero attached hydrogens (tertiary/aromatic N) is 3. The van der Waals surface area contributed by atoms with E-state index in [0.717, 1.165) is 24.6 Å². The zero-order chi connectivity index (χ0) is 20.8. The minimum Gasteiger partial charge on any atom is -0.469 e. The summed E-state index contributed by atoms with van der Waals surface area (Å²) in [6, 6.07) is 8.91. The molecule has 3 heterocycles. The lowest BCUT2D eigenvalue weighted by Gasteiger charge is -2.20. The zero-order valence-electron chi connectivity index (χ0n) is 17.2. The van der Waals surface area contributed by atoms with Crippen LogP contribution in [0, 0.1) is 0 Å². The van der Waals surface area contributed by atoms with E-state index in [1.165, 1.54) is 0 Å². The minimum absolute atomic E-state index is 0.0347. The minimum atomic E-state index is -0.537. The Morgan fingerprint density at radius 2 is 1.86 bits per heavy atom. The maximum atomic E-state index is 12.7. The van der Waals surface area contributed by atoms with Crippen molar-refractivity contribution in [2.45, 2.75) is 26.4 Å². The highest BCUT2D eigenvalue weighted by Crippen LogP contribution is 2.39. The first kappa shape index (κ1) is 19.3. The van der Waals surface area contributed by atoms with Crippen molar-refractivity contribution in [3.63, 3.8) is 0 Å². The molecule has 8 nitrogen and oxygen atoms in total. The topological polar surface area (TPSA) is 78.1 Å². The molecule has 0 atom stereocenters. The Hall–Kier alpha value is -3.00. The predicted octanol–water partition coefficient (Wildman–Crippen LogP) is 2.80. The van der Waals surface area contributed by atoms with Gasteiger partial charge in [-0.1, -0.05) is 0 Å². The molecule has 0 saturated carbocycles. The van der Waals surface area contributed by atoms with Crippen LogP contribution in [0.1, 0.15) is 41.6 Å². The summed E-state index contributed by atoms with van der Waals surface area (Å²) in [7, 11) is 1.99. The van der Waals surface area contributed by atoms with Gasteiger partial charge in [0.1, 0.15) is 11.3 Å². The number of amides is 1. The molecule has 154 valence electrons. The summed E-state index contributed by atoms with van der Waals surface area (Å²) in [5.41, 5.74) is 1.33. The molecule has 4 rings (SSSR count). The number of H-pyrrole nitrogens is 1. The molecule has 0 radical (unpaired) electrons. The van der Waals surface area contributed by atoms with Crippen LogP contribution in [0.25, 0.3) is 0 Å². The number of likely N-dealkylation sites (N-methyl/N-ethyl adjacent to an activating group) is 1. The van der Waals surface area contributed by atoms with Gasteiger partial charge in [0.05, 0.1) is 12.2 Å². The first-order chi connectivity index (χ1) is 13.7. The number of rotatable bonds is 3. The van der Waals surface area contributed by atoms with E-state index in [9.17, 15) is 9.59 Å². The molecular weight excluding hydrogens is 372 g/mol. The molecule has 2 aromatic rings. The van der Waals surface area contributed by atoms with Gasteiger partial charge < -0.3 is 19.4 Å². The van der Waals surface area contributed by atoms with Crippen molar-refractivity contribution in [2.75, 3.05) is 38.4 Å². The number of carbonyl (C=O) groups is 2. The second-order valence-electron chi connectivity index (χ2n) is 8.44. The molecule has 1 amide bonds. The summed E-state index contributed by atoms with van der Waals surface area (Å²) in [4.78, 5) is 34.0. The van der Waals surface area contributed by atoms with Crippen molar-refractivity contribution in [2.24, 2.45) is 0 Å². The number of benzene rings is 1. The van der Waals surface area contributed by atoms with Crippen LogP contribution in [-0.4, -0.2) is 65.8 Å². The maximum absolute atomic E-state index is 12.7. The molecule has 8 heteroatoms. The summed E-state index contributed by atoms with van der Waals surface area (Å²) in [6.07, 6.45) is 0. The van der Waals surface area contributed by atoms with Crippen LogP contribution >= 0.6 is 0 Å². The van der Waals surface area contributed by atoms with Gasteiger partial charge in [0.2, 0.25) is 0 Å². The van der Waals surface area contributed by atoms with Gasteiger partial charge in [-0.25, -0.2) is 4.79 Å². The molecule has 29 heavy (non-hydrogen) atoms. The fourth-order valence-electron chi connectivity index (χ4n) is 3.43. The summed E-state index contributed by atoms with van der Waals surface area (Å²) in [6.45, 7) is 8.08. The molecule has 2 aliphatic heterocycles. The molecule has 1 aromatic carbocycles. The van der Waals surface area contributed by atoms with E-state index in [4.69, 9.17) is 9.47 Å². The third kappa shape index (κ3) is 3.93. The lowest BCUT2D eigenvalue weighted by atomic mass is 10.1. The predicted molar refractivity (Wildman–Crippen MR) is 109 cm³/mol. The van der Waals surface area contributed by atoms with E-state index in [1.807, 2.05) is 44.9 Å². The molecule has 1 fully saturated rings. The first-order valence-corrected chi connectivity index (χ1v) is 9.66. The number of hydrogen-bond donors (Lipinski definition) is 1. The normalized spacial score (nSPS) is 16.7. The Kier molecular flexibility index (Phi) is 4.74. The number of ether oxygens (including phenoxy) is 2. The summed E-state index contributed by atoms with van der Waals surface area (Å²) >= 11 is 0. The standard InChI is InChI=1S/C21H26N4O4/c1-21(2,3)29-20(27)14-5-7-15(8-6-14)25-13-28-17-11-16(22-18(17)25)19(26)24-10-9-23(4)12-24/h5-8,11,22H,9-10,12-13H2,1-4H3. The van der Waals surface area contributed by atoms with Crippen LogP contribution in [0.5, 0.6) is 5.75 Å². The van der Waals surface area contributed by atoms with Gasteiger partial charge in [0.25, 0.3) is 5.91 Å². The molecular formula is C21H26N4O4. The third-order valence-corrected chi connectivity index (χ3v) is 4.88. The van der Waals surface area contributed by atoms with Gasteiger partial charge in [0.15, 0.2) is 18.3 Å². The Bertz CT molecular complexity index is 929. The molecule has 0 bridgehead atoms. The molecule has 1 N–H and O–H groups in total. The Morgan fingerprint density at radius 3 is 2.48 bits per heavy atom. The average Bonchev–Trinajstić information content (AvgIpc) is 3.35. The number of hydrogen-bond acceptors (Lipinski definition) is 6. The summed E-state index contributed by atoms with van der Waals surface area (Å²) in [5.74, 6) is 1.00. The number of aromatic amines is 1. The highest BCUT2D eigenvalue weighted by atomic mass is 16.6. The van der Waals surface area contributed by atoms with Crippen molar-refractivity contribution in [3.05, 3.63) is 41.6 Å². The second kappa shape index (κ2) is 7.11. The Labute approximate surface area is 170 Å². The number of esters is 1. The van der Waals surface area contributed by atoms with Crippen molar-refractivity contribution in [3.8, 4) is 5.75 Å². The van der Waals surface area contributed by atoms with Crippen LogP contribution in [0.15, 0.2) is 30.3 Å². The monoisotopic (exact) mass is 398 g/mol. The van der Waals surface area contributed by atoms with E-state index in [1.54, 1.807) is 23.1 Å². The van der Waals surface area contributed by atoms with E-state index < -0.39 is 5.60 Å². The lowest BCUT2D eigenvalue weighted by Crippen LogP contribution is -2.30. The van der Waals surface area contributed by atoms with Crippen molar-refractivity contribution < 1.29 is 19.1 Å². The Morgan fingerprint density at radius 1 is 1.14 bits per heavy atom. The van der Waals surface area contributed by atoms with E-state index >= 15 is 0 Å². The number of nitrogens with one attached hydrogen (secondary N) is 1. The van der Waals surface area contributed by atoms with Crippen LogP contribution < -0.4 is 9.64 Å². The number of anilines is 2. The van der Waals surface area contributed by atoms with Gasteiger partial charge in [-0.05, 0) is 52.1 Å². The molecule has 1 aromatic heterocycles. The zero-order valence-corrected chi connectivity index (χ0v) is 17.2. The van der Waals surface area contributed by atoms with Crippen molar-refractivity contribution in [1.29, 1.82) is 0 Å². The maximum Gasteiger partial charge on any atom is 0.338 e. The lowest BCUT2D eigenvalue weighted by molar-refractivity contribution is 0.00694. The summed E-state index contributed by atoms with van der Waals surface area (Å²) < 4.78 is 11.1. The largest absolute Gasteiger partial charge is 0.469 e. The van der Waals surface area contributed by atoms with Crippen molar-refractivity contribution >= 4 is 23.4 Å². The van der Waals surface area contributed by atoms with Crippen LogP contribution in [0.3, 0.4) is 0 Å². The van der Waals surface area contributed by atoms with Gasteiger partial charge >= 0.3 is 5.97 Å². The molecule has 0 spiro atoms. The van der Waals surface area contributed by atoms with E-state index in [2.05, 4.69) is 9.88 Å². The van der Waals surface area contributed by atoms with Gasteiger partial charge in [-0.3, -0.25) is 14.6 Å². The number of fused-ring (bicyclic) bond motifs is 1. The fourth-order valence-corrected chi connectivity index (χ4v) is 3.43. The molecule has 2 aliphatic rings. The quantitative estimate of drug-likeness (QED) is 0.801. The van der Waals surface area contributed by atoms with Crippen LogP contribution in [-0.2, 0) is 4.74 Å². The SMILES string of the molecule is CN1CCN(C(=O)c2cc3c([nH]2)N(c2ccc(C(=O)OC(C)(C)C)cc2)CO3)C1. The highest BCUT2D eigenvalue weighted by molar-refractivity contribution is 5.95. The van der Waals surface area contributed by atoms with Gasteiger partial charge in [-0.2, -0.15) is 0 Å². The number of aromatic nitrogens is 1. The first-order valence-electron chi connectivity index (χ1n) is 9.66.